The summed E-state index contributed by atoms with van der Waals surface area (Å²) < 4.78 is 10.6. The molecule has 1 aliphatic heterocycles. The summed E-state index contributed by atoms with van der Waals surface area (Å²) in [5.74, 6) is -0.402. The lowest BCUT2D eigenvalue weighted by Gasteiger charge is -2.17. The number of nitrogens with zero attached hydrogens (tertiary/aromatic N) is 2. The Hall–Kier alpha value is -3.35. The van der Waals surface area contributed by atoms with Gasteiger partial charge in [-0.25, -0.2) is 9.80 Å². The fourth-order valence-corrected chi connectivity index (χ4v) is 2.59. The molecule has 0 saturated carbocycles. The number of hydrogen-bond donors (Lipinski definition) is 1. The molecule has 0 aliphatic carbocycles. The highest BCUT2D eigenvalue weighted by atomic mass is 16.5. The molecule has 0 bridgehead atoms. The Labute approximate surface area is 143 Å². The van der Waals surface area contributed by atoms with Crippen molar-refractivity contribution in [2.45, 2.75) is 12.5 Å². The zero-order valence-corrected chi connectivity index (χ0v) is 13.5. The second kappa shape index (κ2) is 7.04. The van der Waals surface area contributed by atoms with Crippen molar-refractivity contribution in [2.24, 2.45) is 5.10 Å². The molecular weight excluding hydrogens is 324 g/mol. The van der Waals surface area contributed by atoms with Gasteiger partial charge in [-0.1, -0.05) is 0 Å². The number of ether oxygens (including phenoxy) is 1. The van der Waals surface area contributed by atoms with E-state index in [4.69, 9.17) is 14.3 Å². The number of carbonyl (C=O) groups excluding carboxylic acids is 1. The molecule has 7 nitrogen and oxygen atoms in total. The lowest BCUT2D eigenvalue weighted by Crippen LogP contribution is -2.25. The van der Waals surface area contributed by atoms with E-state index in [-0.39, 0.29) is 0 Å². The fourth-order valence-electron chi connectivity index (χ4n) is 2.59. The zero-order valence-electron chi connectivity index (χ0n) is 13.5. The van der Waals surface area contributed by atoms with E-state index < -0.39 is 17.9 Å². The summed E-state index contributed by atoms with van der Waals surface area (Å²) in [7, 11) is 1.59. The molecule has 1 amide bonds. The summed E-state index contributed by atoms with van der Waals surface area (Å²) in [4.78, 5) is 23.0. The van der Waals surface area contributed by atoms with Crippen molar-refractivity contribution in [3.05, 3.63) is 66.1 Å². The van der Waals surface area contributed by atoms with Crippen molar-refractivity contribution in [2.75, 3.05) is 7.11 Å². The van der Waals surface area contributed by atoms with Crippen molar-refractivity contribution in [1.82, 2.24) is 5.01 Å². The number of carboxylic acids is 1. The molecule has 2 aromatic rings. The maximum atomic E-state index is 12.3. The predicted octanol–water partition coefficient (Wildman–Crippen LogP) is 2.61. The van der Waals surface area contributed by atoms with Gasteiger partial charge in [0.25, 0.3) is 5.91 Å². The van der Waals surface area contributed by atoms with E-state index >= 15 is 0 Å². The first kappa shape index (κ1) is 16.5. The van der Waals surface area contributed by atoms with Crippen LogP contribution in [0, 0.1) is 0 Å². The van der Waals surface area contributed by atoms with E-state index in [0.29, 0.717) is 17.9 Å². The summed E-state index contributed by atoms with van der Waals surface area (Å²) in [6, 6.07) is 10.4. The Kier molecular flexibility index (Phi) is 4.65. The van der Waals surface area contributed by atoms with Gasteiger partial charge in [0.15, 0.2) is 0 Å². The predicted molar refractivity (Wildman–Crippen MR) is 89.2 cm³/mol. The van der Waals surface area contributed by atoms with Crippen molar-refractivity contribution in [1.29, 1.82) is 0 Å². The second-order valence-corrected chi connectivity index (χ2v) is 5.36. The number of carboxylic acid groups (broad SMARTS) is 1. The molecule has 1 atom stereocenters. The average Bonchev–Trinajstić information content (AvgIpc) is 3.29. The molecule has 0 radical (unpaired) electrons. The molecule has 0 fully saturated rings. The monoisotopic (exact) mass is 340 g/mol. The number of benzene rings is 1. The first-order chi connectivity index (χ1) is 12.1. The normalized spacial score (nSPS) is 16.9. The van der Waals surface area contributed by atoms with Crippen molar-refractivity contribution < 1.29 is 23.8 Å². The molecule has 0 unspecified atom stereocenters. The van der Waals surface area contributed by atoms with E-state index in [2.05, 4.69) is 5.10 Å². The molecule has 3 rings (SSSR count). The number of amides is 1. The quantitative estimate of drug-likeness (QED) is 0.845. The summed E-state index contributed by atoms with van der Waals surface area (Å²) in [6.45, 7) is 0. The summed E-state index contributed by atoms with van der Waals surface area (Å²) in [6.07, 6.45) is 3.77. The van der Waals surface area contributed by atoms with Crippen LogP contribution in [-0.2, 0) is 9.59 Å². The van der Waals surface area contributed by atoms with Crippen molar-refractivity contribution in [3.63, 3.8) is 0 Å². The molecule has 0 spiro atoms. The van der Waals surface area contributed by atoms with Crippen molar-refractivity contribution >= 4 is 17.6 Å². The van der Waals surface area contributed by atoms with Crippen LogP contribution in [0.1, 0.15) is 23.8 Å². The number of methoxy groups -OCH3 is 1. The van der Waals surface area contributed by atoms with E-state index in [1.54, 1.807) is 19.2 Å². The molecule has 1 aromatic heterocycles. The van der Waals surface area contributed by atoms with Crippen LogP contribution in [0.4, 0.5) is 0 Å². The highest BCUT2D eigenvalue weighted by Crippen LogP contribution is 2.33. The second-order valence-electron chi connectivity index (χ2n) is 5.36. The third-order valence-electron chi connectivity index (χ3n) is 3.80. The van der Waals surface area contributed by atoms with E-state index in [0.717, 1.165) is 23.5 Å². The first-order valence-corrected chi connectivity index (χ1v) is 7.58. The largest absolute Gasteiger partial charge is 0.497 e. The van der Waals surface area contributed by atoms with Gasteiger partial charge in [0.1, 0.15) is 17.6 Å². The average molecular weight is 340 g/mol. The number of furan rings is 1. The van der Waals surface area contributed by atoms with E-state index in [9.17, 15) is 9.59 Å². The highest BCUT2D eigenvalue weighted by Gasteiger charge is 2.34. The van der Waals surface area contributed by atoms with Gasteiger partial charge < -0.3 is 14.3 Å². The summed E-state index contributed by atoms with van der Waals surface area (Å²) >= 11 is 0. The maximum absolute atomic E-state index is 12.3. The van der Waals surface area contributed by atoms with Crippen LogP contribution >= 0.6 is 0 Å². The molecule has 2 heterocycles. The van der Waals surface area contributed by atoms with Crippen molar-refractivity contribution in [3.8, 4) is 5.75 Å². The van der Waals surface area contributed by atoms with Crippen LogP contribution in [0.5, 0.6) is 5.75 Å². The van der Waals surface area contributed by atoms with Gasteiger partial charge in [0, 0.05) is 18.6 Å². The molecule has 128 valence electrons. The number of hydrazone groups is 1. The number of rotatable bonds is 5. The Bertz CT molecular complexity index is 822. The fraction of sp³-hybridized carbons (Fsp3) is 0.167. The van der Waals surface area contributed by atoms with E-state index in [1.165, 1.54) is 11.3 Å². The summed E-state index contributed by atoms with van der Waals surface area (Å²) in [5.41, 5.74) is 1.57. The minimum atomic E-state index is -1.19. The molecule has 1 aliphatic rings. The smallest absolute Gasteiger partial charge is 0.328 e. The van der Waals surface area contributed by atoms with Crippen LogP contribution < -0.4 is 4.74 Å². The molecule has 1 N–H and O–H groups in total. The van der Waals surface area contributed by atoms with Gasteiger partial charge in [-0.05, 0) is 42.0 Å². The standard InChI is InChI=1S/C18H16N2O5/c1-24-13-6-4-12(5-7-13)14-11-15(16-3-2-10-25-16)20(19-14)17(21)8-9-18(22)23/h2-10,15H,11H2,1H3,(H,22,23)/b9-8+/t15-/m1/s1. The third-order valence-corrected chi connectivity index (χ3v) is 3.80. The first-order valence-electron chi connectivity index (χ1n) is 7.58. The summed E-state index contributed by atoms with van der Waals surface area (Å²) in [5, 5.41) is 14.3. The van der Waals surface area contributed by atoms with Gasteiger partial charge >= 0.3 is 5.97 Å². The number of aliphatic carboxylic acids is 1. The minimum Gasteiger partial charge on any atom is -0.497 e. The van der Waals surface area contributed by atoms with Gasteiger partial charge in [-0.15, -0.1) is 0 Å². The van der Waals surface area contributed by atoms with Gasteiger partial charge in [-0.2, -0.15) is 5.10 Å². The lowest BCUT2D eigenvalue weighted by molar-refractivity contribution is -0.132. The van der Waals surface area contributed by atoms with Gasteiger partial charge in [-0.3, -0.25) is 4.79 Å². The Morgan fingerprint density at radius 3 is 2.64 bits per heavy atom. The lowest BCUT2D eigenvalue weighted by atomic mass is 10.0. The SMILES string of the molecule is COc1ccc(C2=NN(C(=O)/C=C/C(=O)O)[C@@H](c3ccco3)C2)cc1. The molecule has 7 heteroatoms. The maximum Gasteiger partial charge on any atom is 0.328 e. The van der Waals surface area contributed by atoms with Crippen LogP contribution in [0.15, 0.2) is 64.3 Å². The van der Waals surface area contributed by atoms with Gasteiger partial charge in [0.05, 0.1) is 19.1 Å². The van der Waals surface area contributed by atoms with Crippen LogP contribution in [0.3, 0.4) is 0 Å². The van der Waals surface area contributed by atoms with Crippen LogP contribution in [0.25, 0.3) is 0 Å². The molecule has 0 saturated heterocycles. The Morgan fingerprint density at radius 2 is 2.04 bits per heavy atom. The van der Waals surface area contributed by atoms with Gasteiger partial charge in [0.2, 0.25) is 0 Å². The van der Waals surface area contributed by atoms with Crippen LogP contribution in [0.2, 0.25) is 0 Å². The third kappa shape index (κ3) is 3.60. The number of hydrogen-bond acceptors (Lipinski definition) is 5. The Balaban J connectivity index is 1.90. The van der Waals surface area contributed by atoms with E-state index in [1.807, 2.05) is 24.3 Å². The molecule has 25 heavy (non-hydrogen) atoms. The number of carbonyl (C=O) groups is 2. The molecular formula is C18H16N2O5. The zero-order chi connectivity index (χ0) is 17.8. The molecule has 1 aromatic carbocycles. The topological polar surface area (TPSA) is 92.3 Å². The Morgan fingerprint density at radius 1 is 1.28 bits per heavy atom. The van der Waals surface area contributed by atoms with Crippen LogP contribution in [-0.4, -0.2) is 34.8 Å². The minimum absolute atomic E-state index is 0.418. The highest BCUT2D eigenvalue weighted by molar-refractivity contribution is 6.04.